The molecular formula is C18H20N2O4S2. The zero-order valence-electron chi connectivity index (χ0n) is 14.4. The fraction of sp³-hybridized carbons (Fsp3) is 0.333. The summed E-state index contributed by atoms with van der Waals surface area (Å²) in [7, 11) is -3.67. The minimum atomic E-state index is -3.67. The highest BCUT2D eigenvalue weighted by Crippen LogP contribution is 2.20. The molecule has 0 spiro atoms. The van der Waals surface area contributed by atoms with Gasteiger partial charge in [-0.05, 0) is 30.5 Å². The largest absolute Gasteiger partial charge is 0.340 e. The van der Waals surface area contributed by atoms with E-state index in [0.29, 0.717) is 25.1 Å². The Morgan fingerprint density at radius 1 is 1.08 bits per heavy atom. The van der Waals surface area contributed by atoms with Crippen LogP contribution in [-0.2, 0) is 21.2 Å². The minimum absolute atomic E-state index is 0.0167. The summed E-state index contributed by atoms with van der Waals surface area (Å²) in [5.41, 5.74) is 0.371. The van der Waals surface area contributed by atoms with Gasteiger partial charge in [0.1, 0.15) is 0 Å². The molecule has 1 saturated heterocycles. The maximum atomic E-state index is 12.8. The van der Waals surface area contributed by atoms with E-state index in [9.17, 15) is 18.0 Å². The van der Waals surface area contributed by atoms with Gasteiger partial charge >= 0.3 is 0 Å². The predicted octanol–water partition coefficient (Wildman–Crippen LogP) is 2.03. The summed E-state index contributed by atoms with van der Waals surface area (Å²) in [6.45, 7) is 2.65. The van der Waals surface area contributed by atoms with Gasteiger partial charge in [-0.15, -0.1) is 11.3 Å². The lowest BCUT2D eigenvalue weighted by atomic mass is 10.2. The Hall–Kier alpha value is -2.03. The van der Waals surface area contributed by atoms with Crippen LogP contribution in [-0.4, -0.2) is 55.5 Å². The van der Waals surface area contributed by atoms with Gasteiger partial charge in [0.25, 0.3) is 0 Å². The van der Waals surface area contributed by atoms with Crippen molar-refractivity contribution in [3.8, 4) is 0 Å². The van der Waals surface area contributed by atoms with E-state index in [1.54, 1.807) is 17.0 Å². The average molecular weight is 393 g/mol. The number of carbonyl (C=O) groups is 2. The number of benzene rings is 1. The summed E-state index contributed by atoms with van der Waals surface area (Å²) in [5, 5.41) is 1.93. The number of thiophene rings is 1. The summed E-state index contributed by atoms with van der Waals surface area (Å²) in [6, 6.07) is 9.91. The molecule has 1 aromatic carbocycles. The number of ketones is 1. The first-order valence-corrected chi connectivity index (χ1v) is 10.6. The van der Waals surface area contributed by atoms with Gasteiger partial charge < -0.3 is 4.90 Å². The van der Waals surface area contributed by atoms with Crippen LogP contribution < -0.4 is 0 Å². The standard InChI is InChI=1S/C18H20N2O4S2/c1-14(21)15-4-2-6-17(12-15)26(23,24)20-9-7-19(8-10-20)18(22)13-16-5-3-11-25-16/h2-6,11-12H,7-10,13H2,1H3. The number of rotatable bonds is 5. The van der Waals surface area contributed by atoms with Crippen molar-refractivity contribution >= 4 is 33.1 Å². The Balaban J connectivity index is 1.66. The first-order chi connectivity index (χ1) is 12.4. The number of hydrogen-bond acceptors (Lipinski definition) is 5. The van der Waals surface area contributed by atoms with Gasteiger partial charge in [-0.2, -0.15) is 4.31 Å². The fourth-order valence-electron chi connectivity index (χ4n) is 2.88. The van der Waals surface area contributed by atoms with E-state index < -0.39 is 10.0 Å². The van der Waals surface area contributed by atoms with Gasteiger partial charge in [0.15, 0.2) is 5.78 Å². The van der Waals surface area contributed by atoms with E-state index in [0.717, 1.165) is 4.88 Å². The van der Waals surface area contributed by atoms with Crippen molar-refractivity contribution in [2.45, 2.75) is 18.2 Å². The molecule has 2 aromatic rings. The smallest absolute Gasteiger partial charge is 0.243 e. The fourth-order valence-corrected chi connectivity index (χ4v) is 5.04. The van der Waals surface area contributed by atoms with Gasteiger partial charge in [0, 0.05) is 36.6 Å². The number of carbonyl (C=O) groups excluding carboxylic acids is 2. The van der Waals surface area contributed by atoms with Crippen molar-refractivity contribution in [3.63, 3.8) is 0 Å². The van der Waals surface area contributed by atoms with Crippen LogP contribution in [0.1, 0.15) is 22.2 Å². The highest BCUT2D eigenvalue weighted by molar-refractivity contribution is 7.89. The van der Waals surface area contributed by atoms with Crippen LogP contribution in [0, 0.1) is 0 Å². The van der Waals surface area contributed by atoms with Gasteiger partial charge in [0.05, 0.1) is 11.3 Å². The molecule has 1 fully saturated rings. The topological polar surface area (TPSA) is 74.8 Å². The van der Waals surface area contributed by atoms with Gasteiger partial charge in [0.2, 0.25) is 15.9 Å². The van der Waals surface area contributed by atoms with E-state index in [4.69, 9.17) is 0 Å². The Morgan fingerprint density at radius 2 is 1.81 bits per heavy atom. The molecule has 1 aliphatic heterocycles. The molecule has 2 heterocycles. The maximum absolute atomic E-state index is 12.8. The number of amides is 1. The lowest BCUT2D eigenvalue weighted by Crippen LogP contribution is -2.50. The second kappa shape index (κ2) is 7.69. The molecule has 1 aliphatic rings. The molecule has 0 radical (unpaired) electrons. The van der Waals surface area contributed by atoms with Crippen LogP contribution in [0.4, 0.5) is 0 Å². The molecule has 1 amide bonds. The van der Waals surface area contributed by atoms with E-state index in [-0.39, 0.29) is 29.7 Å². The lowest BCUT2D eigenvalue weighted by Gasteiger charge is -2.34. The number of piperazine rings is 1. The molecule has 6 nitrogen and oxygen atoms in total. The summed E-state index contributed by atoms with van der Waals surface area (Å²) < 4.78 is 27.0. The van der Waals surface area contributed by atoms with Crippen molar-refractivity contribution in [3.05, 3.63) is 52.2 Å². The Kier molecular flexibility index (Phi) is 5.55. The van der Waals surface area contributed by atoms with Crippen molar-refractivity contribution in [2.75, 3.05) is 26.2 Å². The Morgan fingerprint density at radius 3 is 2.42 bits per heavy atom. The predicted molar refractivity (Wildman–Crippen MR) is 99.8 cm³/mol. The van der Waals surface area contributed by atoms with Crippen LogP contribution in [0.25, 0.3) is 0 Å². The third-order valence-electron chi connectivity index (χ3n) is 4.38. The number of Topliss-reactive ketones (excluding diaryl/α,β-unsaturated/α-hetero) is 1. The third kappa shape index (κ3) is 4.03. The second-order valence-corrected chi connectivity index (χ2v) is 9.10. The van der Waals surface area contributed by atoms with Crippen LogP contribution in [0.3, 0.4) is 0 Å². The summed E-state index contributed by atoms with van der Waals surface area (Å²) >= 11 is 1.54. The Bertz CT molecular complexity index is 899. The number of nitrogens with zero attached hydrogens (tertiary/aromatic N) is 2. The molecule has 8 heteroatoms. The second-order valence-electron chi connectivity index (χ2n) is 6.13. The van der Waals surface area contributed by atoms with Gasteiger partial charge in [-0.3, -0.25) is 9.59 Å². The molecule has 0 aliphatic carbocycles. The van der Waals surface area contributed by atoms with Crippen LogP contribution in [0.15, 0.2) is 46.7 Å². The van der Waals surface area contributed by atoms with Crippen molar-refractivity contribution < 1.29 is 18.0 Å². The van der Waals surface area contributed by atoms with Crippen LogP contribution >= 0.6 is 11.3 Å². The average Bonchev–Trinajstić information content (AvgIpc) is 3.15. The van der Waals surface area contributed by atoms with E-state index in [2.05, 4.69) is 0 Å². The summed E-state index contributed by atoms with van der Waals surface area (Å²) in [5.74, 6) is -0.158. The van der Waals surface area contributed by atoms with Gasteiger partial charge in [-0.25, -0.2) is 8.42 Å². The summed E-state index contributed by atoms with van der Waals surface area (Å²) in [6.07, 6.45) is 0.352. The quantitative estimate of drug-likeness (QED) is 0.730. The SMILES string of the molecule is CC(=O)c1cccc(S(=O)(=O)N2CCN(C(=O)Cc3cccs3)CC2)c1. The highest BCUT2D eigenvalue weighted by Gasteiger charge is 2.30. The molecule has 0 unspecified atom stereocenters. The molecule has 3 rings (SSSR count). The van der Waals surface area contributed by atoms with Gasteiger partial charge in [-0.1, -0.05) is 18.2 Å². The lowest BCUT2D eigenvalue weighted by molar-refractivity contribution is -0.131. The normalized spacial score (nSPS) is 15.8. The molecule has 1 aromatic heterocycles. The monoisotopic (exact) mass is 392 g/mol. The first kappa shape index (κ1) is 18.8. The Labute approximate surface area is 157 Å². The van der Waals surface area contributed by atoms with Crippen LogP contribution in [0.5, 0.6) is 0 Å². The van der Waals surface area contributed by atoms with Crippen molar-refractivity contribution in [1.82, 2.24) is 9.21 Å². The highest BCUT2D eigenvalue weighted by atomic mass is 32.2. The molecular weight excluding hydrogens is 372 g/mol. The minimum Gasteiger partial charge on any atom is -0.340 e. The molecule has 26 heavy (non-hydrogen) atoms. The molecule has 0 atom stereocenters. The van der Waals surface area contributed by atoms with E-state index in [1.165, 1.54) is 34.7 Å². The molecule has 0 bridgehead atoms. The van der Waals surface area contributed by atoms with Crippen molar-refractivity contribution in [1.29, 1.82) is 0 Å². The van der Waals surface area contributed by atoms with E-state index >= 15 is 0 Å². The van der Waals surface area contributed by atoms with E-state index in [1.807, 2.05) is 17.5 Å². The molecule has 0 saturated carbocycles. The molecule has 0 N–H and O–H groups in total. The zero-order valence-corrected chi connectivity index (χ0v) is 16.1. The zero-order chi connectivity index (χ0) is 18.7. The maximum Gasteiger partial charge on any atom is 0.243 e. The van der Waals surface area contributed by atoms with Crippen LogP contribution in [0.2, 0.25) is 0 Å². The number of hydrogen-bond donors (Lipinski definition) is 0. The number of sulfonamides is 1. The van der Waals surface area contributed by atoms with Crippen molar-refractivity contribution in [2.24, 2.45) is 0 Å². The molecule has 138 valence electrons. The third-order valence-corrected chi connectivity index (χ3v) is 7.15. The first-order valence-electron chi connectivity index (χ1n) is 8.29. The summed E-state index contributed by atoms with van der Waals surface area (Å²) in [4.78, 5) is 26.7.